The predicted molar refractivity (Wildman–Crippen MR) is 71.4 cm³/mol. The van der Waals surface area contributed by atoms with Crippen molar-refractivity contribution in [2.45, 2.75) is 0 Å². The average molecular weight is 291 g/mol. The minimum atomic E-state index is -0.0868. The number of nitrogens with zero attached hydrogens (tertiary/aromatic N) is 1. The van der Waals surface area contributed by atoms with Gasteiger partial charge in [0, 0.05) is 29.0 Å². The maximum Gasteiger partial charge on any atom is 0.213 e. The van der Waals surface area contributed by atoms with Crippen molar-refractivity contribution >= 4 is 27.4 Å². The van der Waals surface area contributed by atoms with Crippen LogP contribution in [-0.4, -0.2) is 17.8 Å². The summed E-state index contributed by atoms with van der Waals surface area (Å²) in [5, 5.41) is 3.00. The minimum absolute atomic E-state index is 0.0868. The molecule has 86 valence electrons. The molecule has 4 heteroatoms. The molecule has 2 aromatic rings. The number of hydrogen-bond acceptors (Lipinski definition) is 3. The van der Waals surface area contributed by atoms with Crippen LogP contribution in [-0.2, 0) is 0 Å². The largest absolute Gasteiger partial charge is 0.388 e. The number of halogens is 1. The second-order valence-corrected chi connectivity index (χ2v) is 4.40. The van der Waals surface area contributed by atoms with Crippen LogP contribution in [0.4, 0.5) is 5.69 Å². The molecule has 1 aromatic carbocycles. The first-order valence-corrected chi connectivity index (χ1v) is 5.94. The van der Waals surface area contributed by atoms with Gasteiger partial charge in [-0.3, -0.25) is 9.78 Å². The van der Waals surface area contributed by atoms with Crippen molar-refractivity contribution in [1.29, 1.82) is 0 Å². The van der Waals surface area contributed by atoms with Gasteiger partial charge in [-0.05, 0) is 30.3 Å². The summed E-state index contributed by atoms with van der Waals surface area (Å²) in [5.74, 6) is -0.0868. The number of rotatable bonds is 3. The lowest BCUT2D eigenvalue weighted by molar-refractivity contribution is 0.103. The molecular weight excluding hydrogens is 280 g/mol. The highest BCUT2D eigenvalue weighted by molar-refractivity contribution is 9.10. The molecule has 0 unspecified atom stereocenters. The third kappa shape index (κ3) is 2.53. The maximum absolute atomic E-state index is 12.3. The molecule has 3 nitrogen and oxygen atoms in total. The molecule has 0 saturated carbocycles. The number of benzene rings is 1. The van der Waals surface area contributed by atoms with Crippen molar-refractivity contribution < 1.29 is 4.79 Å². The van der Waals surface area contributed by atoms with Crippen molar-refractivity contribution in [2.24, 2.45) is 0 Å². The lowest BCUT2D eigenvalue weighted by Gasteiger charge is -2.08. The molecule has 1 heterocycles. The van der Waals surface area contributed by atoms with Gasteiger partial charge >= 0.3 is 0 Å². The van der Waals surface area contributed by atoms with Crippen LogP contribution in [0.15, 0.2) is 47.1 Å². The highest BCUT2D eigenvalue weighted by Crippen LogP contribution is 2.22. The third-order valence-electron chi connectivity index (χ3n) is 2.39. The van der Waals surface area contributed by atoms with Crippen LogP contribution in [0.1, 0.15) is 16.1 Å². The Morgan fingerprint density at radius 2 is 2.12 bits per heavy atom. The number of anilines is 1. The zero-order chi connectivity index (χ0) is 12.3. The summed E-state index contributed by atoms with van der Waals surface area (Å²) in [4.78, 5) is 16.3. The monoisotopic (exact) mass is 290 g/mol. The van der Waals surface area contributed by atoms with Gasteiger partial charge in [-0.15, -0.1) is 0 Å². The van der Waals surface area contributed by atoms with Crippen molar-refractivity contribution in [3.8, 4) is 0 Å². The summed E-state index contributed by atoms with van der Waals surface area (Å²) in [6, 6.07) is 10.8. The molecule has 0 aliphatic carbocycles. The number of carbonyl (C=O) groups excluding carboxylic acids is 1. The summed E-state index contributed by atoms with van der Waals surface area (Å²) < 4.78 is 0.871. The van der Waals surface area contributed by atoms with Crippen molar-refractivity contribution in [3.63, 3.8) is 0 Å². The van der Waals surface area contributed by atoms with E-state index < -0.39 is 0 Å². The second kappa shape index (κ2) is 5.10. The van der Waals surface area contributed by atoms with E-state index in [4.69, 9.17) is 0 Å². The number of carbonyl (C=O) groups is 1. The highest BCUT2D eigenvalue weighted by atomic mass is 79.9. The number of aromatic nitrogens is 1. The second-order valence-electron chi connectivity index (χ2n) is 3.48. The van der Waals surface area contributed by atoms with Crippen LogP contribution in [0.2, 0.25) is 0 Å². The van der Waals surface area contributed by atoms with Crippen molar-refractivity contribution in [2.75, 3.05) is 12.4 Å². The highest BCUT2D eigenvalue weighted by Gasteiger charge is 2.14. The van der Waals surface area contributed by atoms with Gasteiger partial charge < -0.3 is 5.32 Å². The van der Waals surface area contributed by atoms with Crippen molar-refractivity contribution in [3.05, 3.63) is 58.3 Å². The smallest absolute Gasteiger partial charge is 0.213 e. The fourth-order valence-corrected chi connectivity index (χ4v) is 1.92. The first-order valence-electron chi connectivity index (χ1n) is 5.15. The first kappa shape index (κ1) is 11.8. The first-order chi connectivity index (χ1) is 8.22. The number of nitrogens with one attached hydrogen (secondary N) is 1. The Morgan fingerprint density at radius 3 is 2.76 bits per heavy atom. The van der Waals surface area contributed by atoms with Gasteiger partial charge in [0.15, 0.2) is 0 Å². The van der Waals surface area contributed by atoms with Gasteiger partial charge in [-0.2, -0.15) is 0 Å². The lowest BCUT2D eigenvalue weighted by atomic mass is 10.1. The predicted octanol–water partition coefficient (Wildman–Crippen LogP) is 3.12. The Balaban J connectivity index is 2.47. The topological polar surface area (TPSA) is 42.0 Å². The van der Waals surface area contributed by atoms with E-state index >= 15 is 0 Å². The van der Waals surface area contributed by atoms with Crippen LogP contribution in [0.25, 0.3) is 0 Å². The van der Waals surface area contributed by atoms with E-state index in [2.05, 4.69) is 26.2 Å². The molecule has 0 atom stereocenters. The van der Waals surface area contributed by atoms with Crippen LogP contribution in [0, 0.1) is 0 Å². The van der Waals surface area contributed by atoms with Crippen molar-refractivity contribution in [1.82, 2.24) is 4.98 Å². The molecule has 1 aromatic heterocycles. The fraction of sp³-hybridized carbons (Fsp3) is 0.0769. The normalized spacial score (nSPS) is 10.0. The van der Waals surface area contributed by atoms with E-state index in [0.29, 0.717) is 11.3 Å². The Kier molecular flexibility index (Phi) is 3.54. The van der Waals surface area contributed by atoms with Crippen LogP contribution in [0.3, 0.4) is 0 Å². The van der Waals surface area contributed by atoms with E-state index in [1.54, 1.807) is 37.5 Å². The van der Waals surface area contributed by atoms with E-state index in [0.717, 1.165) is 10.2 Å². The molecule has 0 aliphatic rings. The number of pyridine rings is 1. The molecule has 0 fully saturated rings. The number of hydrogen-bond donors (Lipinski definition) is 1. The van der Waals surface area contributed by atoms with Crippen LogP contribution in [0.5, 0.6) is 0 Å². The average Bonchev–Trinajstić information content (AvgIpc) is 2.39. The Hall–Kier alpha value is -1.68. The Bertz CT molecular complexity index is 540. The zero-order valence-electron chi connectivity index (χ0n) is 9.27. The summed E-state index contributed by atoms with van der Waals surface area (Å²) in [6.07, 6.45) is 1.62. The minimum Gasteiger partial charge on any atom is -0.388 e. The molecule has 1 N–H and O–H groups in total. The summed E-state index contributed by atoms with van der Waals surface area (Å²) in [7, 11) is 1.79. The van der Waals surface area contributed by atoms with E-state index in [-0.39, 0.29) is 5.78 Å². The van der Waals surface area contributed by atoms with Gasteiger partial charge in [0.2, 0.25) is 5.78 Å². The third-order valence-corrected chi connectivity index (χ3v) is 2.89. The standard InChI is InChI=1S/C13H11BrN2O/c1-15-11-6-5-9(14)8-10(11)13(17)12-4-2-3-7-16-12/h2-8,15H,1H3. The maximum atomic E-state index is 12.3. The number of ketones is 1. The summed E-state index contributed by atoms with van der Waals surface area (Å²) in [5.41, 5.74) is 1.85. The fourth-order valence-electron chi connectivity index (χ4n) is 1.56. The molecule has 17 heavy (non-hydrogen) atoms. The van der Waals surface area contributed by atoms with Gasteiger partial charge in [0.25, 0.3) is 0 Å². The van der Waals surface area contributed by atoms with E-state index in [1.165, 1.54) is 0 Å². The molecule has 0 amide bonds. The van der Waals surface area contributed by atoms with Crippen LogP contribution >= 0.6 is 15.9 Å². The van der Waals surface area contributed by atoms with Crippen LogP contribution < -0.4 is 5.32 Å². The lowest BCUT2D eigenvalue weighted by Crippen LogP contribution is -2.07. The SMILES string of the molecule is CNc1ccc(Br)cc1C(=O)c1ccccn1. The quantitative estimate of drug-likeness (QED) is 0.883. The zero-order valence-corrected chi connectivity index (χ0v) is 10.9. The van der Waals surface area contributed by atoms with Gasteiger partial charge in [-0.1, -0.05) is 22.0 Å². The summed E-state index contributed by atoms with van der Waals surface area (Å²) in [6.45, 7) is 0. The molecule has 0 spiro atoms. The molecule has 0 bridgehead atoms. The molecule has 0 saturated heterocycles. The molecule has 0 aliphatic heterocycles. The van der Waals surface area contributed by atoms with E-state index in [9.17, 15) is 4.79 Å². The molecule has 2 rings (SSSR count). The Labute approximate surface area is 108 Å². The van der Waals surface area contributed by atoms with Gasteiger partial charge in [-0.25, -0.2) is 0 Å². The summed E-state index contributed by atoms with van der Waals surface area (Å²) >= 11 is 3.37. The van der Waals surface area contributed by atoms with Gasteiger partial charge in [0.05, 0.1) is 0 Å². The Morgan fingerprint density at radius 1 is 1.29 bits per heavy atom. The van der Waals surface area contributed by atoms with E-state index in [1.807, 2.05) is 12.1 Å². The molecule has 0 radical (unpaired) electrons. The van der Waals surface area contributed by atoms with Gasteiger partial charge in [0.1, 0.15) is 5.69 Å². The molecular formula is C13H11BrN2O.